The Hall–Kier alpha value is -2.31. The minimum Gasteiger partial charge on any atom is -0.459 e. The van der Waals surface area contributed by atoms with Gasteiger partial charge in [0, 0.05) is 23.8 Å². The fraction of sp³-hybridized carbons (Fsp3) is 0.250. The zero-order valence-corrected chi connectivity index (χ0v) is 13.8. The van der Waals surface area contributed by atoms with E-state index in [9.17, 15) is 9.59 Å². The molecule has 1 aromatic heterocycles. The minimum atomic E-state index is -0.315. The van der Waals surface area contributed by atoms with E-state index in [4.69, 9.17) is 4.42 Å². The van der Waals surface area contributed by atoms with Crippen LogP contribution in [0, 0.1) is 5.92 Å². The molecule has 0 aliphatic heterocycles. The maximum Gasteiger partial charge on any atom is 0.291 e. The van der Waals surface area contributed by atoms with Gasteiger partial charge >= 0.3 is 0 Å². The van der Waals surface area contributed by atoms with Crippen molar-refractivity contribution >= 4 is 35.6 Å². The lowest BCUT2D eigenvalue weighted by Crippen LogP contribution is -2.28. The lowest BCUT2D eigenvalue weighted by molar-refractivity contribution is -0.119. The number of halogens is 1. The lowest BCUT2D eigenvalue weighted by atomic mass is 10.1. The van der Waals surface area contributed by atoms with Crippen molar-refractivity contribution in [3.63, 3.8) is 0 Å². The predicted molar refractivity (Wildman–Crippen MR) is 92.1 cm³/mol. The van der Waals surface area contributed by atoms with E-state index in [0.29, 0.717) is 17.9 Å². The highest BCUT2D eigenvalue weighted by atomic mass is 35.5. The summed E-state index contributed by atoms with van der Waals surface area (Å²) in [6, 6.07) is 10.2. The lowest BCUT2D eigenvalue weighted by Gasteiger charge is -2.12. The Labute approximate surface area is 141 Å². The van der Waals surface area contributed by atoms with Crippen LogP contribution in [0.4, 0.5) is 11.4 Å². The molecule has 2 aromatic rings. The average Bonchev–Trinajstić information content (AvgIpc) is 3.04. The molecule has 1 heterocycles. The first-order chi connectivity index (χ1) is 10.6. The summed E-state index contributed by atoms with van der Waals surface area (Å²) < 4.78 is 5.02. The molecule has 0 saturated heterocycles. The smallest absolute Gasteiger partial charge is 0.291 e. The van der Waals surface area contributed by atoms with Crippen LogP contribution >= 0.6 is 12.4 Å². The molecule has 1 aromatic carbocycles. The average molecular weight is 338 g/mol. The van der Waals surface area contributed by atoms with Gasteiger partial charge in [-0.15, -0.1) is 12.4 Å². The van der Waals surface area contributed by atoms with Gasteiger partial charge in [0.05, 0.1) is 6.26 Å². The summed E-state index contributed by atoms with van der Waals surface area (Å²) in [6.07, 6.45) is 1.44. The number of rotatable bonds is 6. The van der Waals surface area contributed by atoms with E-state index in [1.165, 1.54) is 6.26 Å². The molecule has 124 valence electrons. The van der Waals surface area contributed by atoms with Gasteiger partial charge in [0.1, 0.15) is 0 Å². The van der Waals surface area contributed by atoms with Crippen LogP contribution in [0.5, 0.6) is 0 Å². The summed E-state index contributed by atoms with van der Waals surface area (Å²) >= 11 is 0. The quantitative estimate of drug-likeness (QED) is 0.756. The van der Waals surface area contributed by atoms with E-state index in [-0.39, 0.29) is 35.9 Å². The third-order valence-electron chi connectivity index (χ3n) is 3.11. The fourth-order valence-corrected chi connectivity index (χ4v) is 1.90. The number of hydrogen-bond donors (Lipinski definition) is 3. The number of furan rings is 1. The van der Waals surface area contributed by atoms with Crippen LogP contribution < -0.4 is 16.0 Å². The van der Waals surface area contributed by atoms with E-state index in [1.807, 2.05) is 6.92 Å². The summed E-state index contributed by atoms with van der Waals surface area (Å²) in [6.45, 7) is 2.47. The molecule has 1 atom stereocenters. The number of carbonyl (C=O) groups is 2. The summed E-state index contributed by atoms with van der Waals surface area (Å²) in [5.74, 6) is -0.243. The molecular formula is C16H20ClN3O3. The minimum absolute atomic E-state index is 0. The van der Waals surface area contributed by atoms with Crippen LogP contribution in [-0.4, -0.2) is 25.4 Å². The molecule has 3 N–H and O–H groups in total. The molecule has 6 nitrogen and oxygen atoms in total. The predicted octanol–water partition coefficient (Wildman–Crippen LogP) is 2.75. The number of anilines is 2. The molecule has 0 bridgehead atoms. The van der Waals surface area contributed by atoms with E-state index >= 15 is 0 Å². The molecule has 0 radical (unpaired) electrons. The SMILES string of the molecule is CNCC(C)C(=O)Nc1ccc(NC(=O)c2ccco2)cc1.Cl. The first kappa shape index (κ1) is 18.7. The normalized spacial score (nSPS) is 11.2. The van der Waals surface area contributed by atoms with Crippen molar-refractivity contribution in [1.82, 2.24) is 5.32 Å². The highest BCUT2D eigenvalue weighted by Crippen LogP contribution is 2.15. The second-order valence-electron chi connectivity index (χ2n) is 4.96. The van der Waals surface area contributed by atoms with Crippen molar-refractivity contribution in [1.29, 1.82) is 0 Å². The van der Waals surface area contributed by atoms with Gasteiger partial charge in [0.2, 0.25) is 5.91 Å². The molecule has 2 amide bonds. The maximum atomic E-state index is 11.9. The summed E-state index contributed by atoms with van der Waals surface area (Å²) in [7, 11) is 1.81. The van der Waals surface area contributed by atoms with Crippen molar-refractivity contribution < 1.29 is 14.0 Å². The van der Waals surface area contributed by atoms with E-state index in [1.54, 1.807) is 43.4 Å². The molecule has 0 aliphatic rings. The molecule has 2 rings (SSSR count). The van der Waals surface area contributed by atoms with E-state index < -0.39 is 0 Å². The highest BCUT2D eigenvalue weighted by Gasteiger charge is 2.12. The summed E-state index contributed by atoms with van der Waals surface area (Å²) in [5.41, 5.74) is 1.31. The Bertz CT molecular complexity index is 627. The van der Waals surface area contributed by atoms with Gasteiger partial charge in [-0.2, -0.15) is 0 Å². The van der Waals surface area contributed by atoms with Crippen molar-refractivity contribution in [2.75, 3.05) is 24.2 Å². The second-order valence-corrected chi connectivity index (χ2v) is 4.96. The molecule has 0 saturated carbocycles. The Morgan fingerprint density at radius 2 is 1.70 bits per heavy atom. The van der Waals surface area contributed by atoms with Gasteiger partial charge in [0.25, 0.3) is 5.91 Å². The van der Waals surface area contributed by atoms with Crippen molar-refractivity contribution in [3.8, 4) is 0 Å². The molecule has 7 heteroatoms. The number of hydrogen-bond acceptors (Lipinski definition) is 4. The molecule has 0 spiro atoms. The number of benzene rings is 1. The number of nitrogens with one attached hydrogen (secondary N) is 3. The summed E-state index contributed by atoms with van der Waals surface area (Å²) in [5, 5.41) is 8.50. The van der Waals surface area contributed by atoms with Gasteiger partial charge in [-0.25, -0.2) is 0 Å². The van der Waals surface area contributed by atoms with Crippen molar-refractivity contribution in [2.24, 2.45) is 5.92 Å². The second kappa shape index (κ2) is 8.97. The first-order valence-electron chi connectivity index (χ1n) is 7.00. The highest BCUT2D eigenvalue weighted by molar-refractivity contribution is 6.02. The standard InChI is InChI=1S/C16H19N3O3.ClH/c1-11(10-17-2)15(20)18-12-5-7-13(8-6-12)19-16(21)14-4-3-9-22-14;/h3-9,11,17H,10H2,1-2H3,(H,18,20)(H,19,21);1H. The topological polar surface area (TPSA) is 83.4 Å². The Morgan fingerprint density at radius 3 is 2.22 bits per heavy atom. The van der Waals surface area contributed by atoms with E-state index in [2.05, 4.69) is 16.0 Å². The zero-order chi connectivity index (χ0) is 15.9. The Balaban J connectivity index is 0.00000264. The summed E-state index contributed by atoms with van der Waals surface area (Å²) in [4.78, 5) is 23.7. The molecule has 0 aliphatic carbocycles. The number of carbonyl (C=O) groups excluding carboxylic acids is 2. The molecular weight excluding hydrogens is 318 g/mol. The van der Waals surface area contributed by atoms with Gasteiger partial charge in [-0.05, 0) is 43.4 Å². The third-order valence-corrected chi connectivity index (χ3v) is 3.11. The third kappa shape index (κ3) is 5.43. The van der Waals surface area contributed by atoms with Crippen LogP contribution in [0.25, 0.3) is 0 Å². The van der Waals surface area contributed by atoms with Crippen LogP contribution in [0.15, 0.2) is 47.1 Å². The zero-order valence-electron chi connectivity index (χ0n) is 13.0. The Kier molecular flexibility index (Phi) is 7.31. The van der Waals surface area contributed by atoms with Gasteiger partial charge in [0.15, 0.2) is 5.76 Å². The van der Waals surface area contributed by atoms with Crippen molar-refractivity contribution in [3.05, 3.63) is 48.4 Å². The fourth-order valence-electron chi connectivity index (χ4n) is 1.90. The van der Waals surface area contributed by atoms with Crippen LogP contribution in [0.2, 0.25) is 0 Å². The van der Waals surface area contributed by atoms with Gasteiger partial charge in [-0.1, -0.05) is 6.92 Å². The first-order valence-corrected chi connectivity index (χ1v) is 7.00. The van der Waals surface area contributed by atoms with Crippen LogP contribution in [0.3, 0.4) is 0 Å². The Morgan fingerprint density at radius 1 is 1.09 bits per heavy atom. The largest absolute Gasteiger partial charge is 0.459 e. The van der Waals surface area contributed by atoms with Crippen LogP contribution in [0.1, 0.15) is 17.5 Å². The molecule has 1 unspecified atom stereocenters. The van der Waals surface area contributed by atoms with E-state index in [0.717, 1.165) is 0 Å². The van der Waals surface area contributed by atoms with Gasteiger partial charge in [-0.3, -0.25) is 9.59 Å². The molecule has 23 heavy (non-hydrogen) atoms. The van der Waals surface area contributed by atoms with Crippen molar-refractivity contribution in [2.45, 2.75) is 6.92 Å². The van der Waals surface area contributed by atoms with Crippen LogP contribution in [-0.2, 0) is 4.79 Å². The monoisotopic (exact) mass is 337 g/mol. The van der Waals surface area contributed by atoms with Gasteiger partial charge < -0.3 is 20.4 Å². The molecule has 0 fully saturated rings. The maximum absolute atomic E-state index is 11.9. The number of amides is 2.